The van der Waals surface area contributed by atoms with Gasteiger partial charge >= 0.3 is 0 Å². The van der Waals surface area contributed by atoms with Crippen LogP contribution in [0.2, 0.25) is 0 Å². The molecule has 2 rings (SSSR count). The van der Waals surface area contributed by atoms with E-state index in [1.165, 1.54) is 77.0 Å². The lowest BCUT2D eigenvalue weighted by molar-refractivity contribution is 0.628. The third kappa shape index (κ3) is 5.94. The Labute approximate surface area is 125 Å². The van der Waals surface area contributed by atoms with Crippen molar-refractivity contribution in [3.8, 4) is 0 Å². The Kier molecular flexibility index (Phi) is 7.52. The van der Waals surface area contributed by atoms with Crippen molar-refractivity contribution in [1.29, 1.82) is 0 Å². The summed E-state index contributed by atoms with van der Waals surface area (Å²) in [7, 11) is 0. The van der Waals surface area contributed by atoms with Crippen molar-refractivity contribution >= 4 is 0 Å². The van der Waals surface area contributed by atoms with E-state index >= 15 is 0 Å². The molecule has 0 atom stereocenters. The molecule has 0 nitrogen and oxygen atoms in total. The zero-order valence-electron chi connectivity index (χ0n) is 12.9. The summed E-state index contributed by atoms with van der Waals surface area (Å²) in [5.41, 5.74) is 3.18. The fraction of sp³-hybridized carbons (Fsp3) is 0.600. The van der Waals surface area contributed by atoms with Crippen LogP contribution in [-0.4, -0.2) is 0 Å². The van der Waals surface area contributed by atoms with Crippen LogP contribution in [0.1, 0.15) is 77.0 Å². The maximum atomic E-state index is 2.39. The third-order valence-corrected chi connectivity index (χ3v) is 4.41. The number of hydrogen-bond donors (Lipinski definition) is 0. The van der Waals surface area contributed by atoms with E-state index in [-0.39, 0.29) is 0 Å². The van der Waals surface area contributed by atoms with Crippen LogP contribution in [0.3, 0.4) is 0 Å². The maximum Gasteiger partial charge on any atom is -0.0276 e. The predicted octanol–water partition coefficient (Wildman–Crippen LogP) is 6.66. The second kappa shape index (κ2) is 9.80. The van der Waals surface area contributed by atoms with Crippen LogP contribution in [-0.2, 0) is 0 Å². The molecule has 0 spiro atoms. The largest absolute Gasteiger partial charge is 0.0845 e. The number of hydrogen-bond acceptors (Lipinski definition) is 0. The van der Waals surface area contributed by atoms with Gasteiger partial charge in [-0.3, -0.25) is 0 Å². The minimum atomic E-state index is 1.25. The van der Waals surface area contributed by atoms with Crippen molar-refractivity contribution in [2.45, 2.75) is 77.0 Å². The first kappa shape index (κ1) is 15.4. The van der Waals surface area contributed by atoms with Gasteiger partial charge < -0.3 is 0 Å². The Bertz CT molecular complexity index is 341. The first-order chi connectivity index (χ1) is 9.97. The summed E-state index contributed by atoms with van der Waals surface area (Å²) in [6.07, 6.45) is 30.2. The van der Waals surface area contributed by atoms with E-state index in [2.05, 4.69) is 36.5 Å². The normalized spacial score (nSPS) is 27.0. The minimum absolute atomic E-state index is 1.25. The van der Waals surface area contributed by atoms with E-state index in [4.69, 9.17) is 0 Å². The van der Waals surface area contributed by atoms with Crippen LogP contribution in [0.4, 0.5) is 0 Å². The van der Waals surface area contributed by atoms with Crippen LogP contribution >= 0.6 is 0 Å². The quantitative estimate of drug-likeness (QED) is 0.499. The Balaban J connectivity index is 2.09. The van der Waals surface area contributed by atoms with Gasteiger partial charge in [0.25, 0.3) is 0 Å². The van der Waals surface area contributed by atoms with Gasteiger partial charge in [0.15, 0.2) is 0 Å². The van der Waals surface area contributed by atoms with E-state index in [0.717, 1.165) is 0 Å². The first-order valence-corrected chi connectivity index (χ1v) is 8.68. The van der Waals surface area contributed by atoms with Gasteiger partial charge in [0.05, 0.1) is 0 Å². The van der Waals surface area contributed by atoms with Crippen LogP contribution in [0.15, 0.2) is 47.6 Å². The third-order valence-electron chi connectivity index (χ3n) is 4.41. The highest BCUT2D eigenvalue weighted by Crippen LogP contribution is 2.25. The van der Waals surface area contributed by atoms with E-state index in [1.807, 2.05) is 0 Å². The van der Waals surface area contributed by atoms with Crippen molar-refractivity contribution in [1.82, 2.24) is 0 Å². The van der Waals surface area contributed by atoms with Gasteiger partial charge in [0.2, 0.25) is 0 Å². The maximum absolute atomic E-state index is 2.39. The summed E-state index contributed by atoms with van der Waals surface area (Å²) in [4.78, 5) is 0. The average Bonchev–Trinajstić information content (AvgIpc) is 2.50. The molecule has 2 aliphatic rings. The van der Waals surface area contributed by atoms with Gasteiger partial charge in [-0.05, 0) is 62.5 Å². The number of rotatable bonds is 1. The Morgan fingerprint density at radius 2 is 0.950 bits per heavy atom. The second-order valence-corrected chi connectivity index (χ2v) is 6.15. The van der Waals surface area contributed by atoms with Crippen molar-refractivity contribution in [3.63, 3.8) is 0 Å². The van der Waals surface area contributed by atoms with Gasteiger partial charge in [-0.25, -0.2) is 0 Å². The first-order valence-electron chi connectivity index (χ1n) is 8.68. The molecule has 0 saturated heterocycles. The topological polar surface area (TPSA) is 0 Å². The van der Waals surface area contributed by atoms with Gasteiger partial charge in [-0.15, -0.1) is 0 Å². The van der Waals surface area contributed by atoms with E-state index < -0.39 is 0 Å². The fourth-order valence-electron chi connectivity index (χ4n) is 3.13. The second-order valence-electron chi connectivity index (χ2n) is 6.15. The van der Waals surface area contributed by atoms with Crippen LogP contribution in [0.25, 0.3) is 0 Å². The molecule has 0 heteroatoms. The predicted molar refractivity (Wildman–Crippen MR) is 89.9 cm³/mol. The monoisotopic (exact) mass is 270 g/mol. The van der Waals surface area contributed by atoms with Crippen LogP contribution < -0.4 is 0 Å². The lowest BCUT2D eigenvalue weighted by atomic mass is 9.92. The van der Waals surface area contributed by atoms with Crippen molar-refractivity contribution in [2.24, 2.45) is 0 Å². The molecule has 0 aromatic carbocycles. The average molecular weight is 270 g/mol. The molecule has 0 heterocycles. The Hall–Kier alpha value is -1.04. The minimum Gasteiger partial charge on any atom is -0.0845 e. The summed E-state index contributed by atoms with van der Waals surface area (Å²) in [6.45, 7) is 0. The molecule has 110 valence electrons. The molecule has 0 fully saturated rings. The Morgan fingerprint density at radius 3 is 1.45 bits per heavy atom. The van der Waals surface area contributed by atoms with Gasteiger partial charge in [-0.2, -0.15) is 0 Å². The van der Waals surface area contributed by atoms with Crippen LogP contribution in [0, 0.1) is 0 Å². The molecule has 0 radical (unpaired) electrons. The Morgan fingerprint density at radius 1 is 0.500 bits per heavy atom. The molecule has 0 bridgehead atoms. The highest BCUT2D eigenvalue weighted by atomic mass is 14.1. The van der Waals surface area contributed by atoms with Gasteiger partial charge in [-0.1, -0.05) is 62.1 Å². The standard InChI is InChI=1S/C20H30/c1-3-7-11-15-19(16-12-8-4-1)20-17-13-9-5-2-6-10-14-18-20/h7,9,11,13,15,17H,1-6,8,10,12,14,16,18H2/b11-7+,13-9?,19-15+,20-17?. The molecule has 0 aromatic rings. The molecule has 0 N–H and O–H groups in total. The summed E-state index contributed by atoms with van der Waals surface area (Å²) >= 11 is 0. The van der Waals surface area contributed by atoms with E-state index in [0.29, 0.717) is 0 Å². The van der Waals surface area contributed by atoms with Gasteiger partial charge in [0, 0.05) is 0 Å². The zero-order chi connectivity index (χ0) is 13.9. The highest BCUT2D eigenvalue weighted by molar-refractivity contribution is 5.36. The number of allylic oxidation sites excluding steroid dienone is 8. The van der Waals surface area contributed by atoms with Crippen molar-refractivity contribution in [2.75, 3.05) is 0 Å². The van der Waals surface area contributed by atoms with Gasteiger partial charge in [0.1, 0.15) is 0 Å². The molecule has 0 aliphatic heterocycles. The van der Waals surface area contributed by atoms with E-state index in [9.17, 15) is 0 Å². The van der Waals surface area contributed by atoms with E-state index in [1.54, 1.807) is 11.1 Å². The SMILES string of the molecule is C1=CCCCCCCC(/C2=C/C=C/CCCCCC2)=C1. The van der Waals surface area contributed by atoms with Crippen molar-refractivity contribution in [3.05, 3.63) is 47.6 Å². The summed E-state index contributed by atoms with van der Waals surface area (Å²) in [6, 6.07) is 0. The lowest BCUT2D eigenvalue weighted by Crippen LogP contribution is -1.94. The fourth-order valence-corrected chi connectivity index (χ4v) is 3.13. The smallest absolute Gasteiger partial charge is 0.0276 e. The summed E-state index contributed by atoms with van der Waals surface area (Å²) in [5.74, 6) is 0. The molecule has 0 amide bonds. The van der Waals surface area contributed by atoms with Crippen LogP contribution in [0.5, 0.6) is 0 Å². The van der Waals surface area contributed by atoms with Crippen molar-refractivity contribution < 1.29 is 0 Å². The molecule has 20 heavy (non-hydrogen) atoms. The highest BCUT2D eigenvalue weighted by Gasteiger charge is 2.06. The molecule has 0 unspecified atom stereocenters. The summed E-state index contributed by atoms with van der Waals surface area (Å²) in [5, 5.41) is 0. The molecular formula is C20H30. The molecule has 0 aromatic heterocycles. The molecular weight excluding hydrogens is 240 g/mol. The lowest BCUT2D eigenvalue weighted by Gasteiger charge is -2.13. The summed E-state index contributed by atoms with van der Waals surface area (Å²) < 4.78 is 0. The molecule has 0 saturated carbocycles. The zero-order valence-corrected chi connectivity index (χ0v) is 12.9. The molecule has 2 aliphatic carbocycles.